The molecule has 1 aliphatic rings. The summed E-state index contributed by atoms with van der Waals surface area (Å²) in [4.78, 5) is 0. The quantitative estimate of drug-likeness (QED) is 0.728. The van der Waals surface area contributed by atoms with E-state index in [-0.39, 0.29) is 16.5 Å². The summed E-state index contributed by atoms with van der Waals surface area (Å²) in [6.07, 6.45) is 4.39. The van der Waals surface area contributed by atoms with Gasteiger partial charge >= 0.3 is 0 Å². The largest absolute Gasteiger partial charge is 0.390 e. The van der Waals surface area contributed by atoms with Crippen molar-refractivity contribution in [2.45, 2.75) is 58.0 Å². The summed E-state index contributed by atoms with van der Waals surface area (Å²) in [5, 5.41) is 10.8. The maximum absolute atomic E-state index is 14.1. The molecule has 1 N–H and O–H groups in total. The molecule has 21 heavy (non-hydrogen) atoms. The van der Waals surface area contributed by atoms with E-state index in [1.807, 2.05) is 0 Å². The Morgan fingerprint density at radius 3 is 2.76 bits per heavy atom. The first-order chi connectivity index (χ1) is 9.81. The fraction of sp³-hybridized carbons (Fsp3) is 0.647. The normalized spacial score (nSPS) is 26.3. The molecule has 1 fully saturated rings. The van der Waals surface area contributed by atoms with Crippen molar-refractivity contribution in [2.24, 2.45) is 11.8 Å². The monoisotopic (exact) mass is 360 g/mol. The molecule has 0 amide bonds. The SMILES string of the molecule is CC(C)CC1CCCC(O)(Cc2c(F)ccc(Br)c2F)C1. The van der Waals surface area contributed by atoms with Crippen molar-refractivity contribution in [2.75, 3.05) is 0 Å². The second-order valence-electron chi connectivity index (χ2n) is 6.81. The van der Waals surface area contributed by atoms with Crippen LogP contribution in [0.1, 0.15) is 51.5 Å². The van der Waals surface area contributed by atoms with Crippen molar-refractivity contribution in [3.8, 4) is 0 Å². The van der Waals surface area contributed by atoms with Gasteiger partial charge in [-0.05, 0) is 59.2 Å². The van der Waals surface area contributed by atoms with Crippen molar-refractivity contribution in [3.05, 3.63) is 33.8 Å². The van der Waals surface area contributed by atoms with Crippen LogP contribution in [0.25, 0.3) is 0 Å². The molecule has 2 unspecified atom stereocenters. The summed E-state index contributed by atoms with van der Waals surface area (Å²) in [5.74, 6) is -0.136. The molecule has 0 heterocycles. The highest BCUT2D eigenvalue weighted by Gasteiger charge is 2.36. The lowest BCUT2D eigenvalue weighted by Gasteiger charge is -2.38. The van der Waals surface area contributed by atoms with E-state index in [1.165, 1.54) is 12.1 Å². The first kappa shape index (κ1) is 16.9. The van der Waals surface area contributed by atoms with E-state index in [4.69, 9.17) is 0 Å². The van der Waals surface area contributed by atoms with Crippen LogP contribution < -0.4 is 0 Å². The predicted octanol–water partition coefficient (Wildman–Crippen LogP) is 5.24. The molecule has 1 saturated carbocycles. The molecule has 2 rings (SSSR count). The molecule has 0 radical (unpaired) electrons. The van der Waals surface area contributed by atoms with E-state index < -0.39 is 17.2 Å². The van der Waals surface area contributed by atoms with Crippen LogP contribution in [0.4, 0.5) is 8.78 Å². The first-order valence-electron chi connectivity index (χ1n) is 7.65. The van der Waals surface area contributed by atoms with Crippen LogP contribution in [0.2, 0.25) is 0 Å². The van der Waals surface area contributed by atoms with Gasteiger partial charge in [-0.1, -0.05) is 26.7 Å². The van der Waals surface area contributed by atoms with Crippen LogP contribution >= 0.6 is 15.9 Å². The van der Waals surface area contributed by atoms with Crippen molar-refractivity contribution in [1.82, 2.24) is 0 Å². The third-order valence-electron chi connectivity index (χ3n) is 4.37. The summed E-state index contributed by atoms with van der Waals surface area (Å²) in [5.41, 5.74) is -0.989. The molecule has 1 aromatic carbocycles. The van der Waals surface area contributed by atoms with E-state index in [2.05, 4.69) is 29.8 Å². The van der Waals surface area contributed by atoms with Gasteiger partial charge in [0, 0.05) is 12.0 Å². The Morgan fingerprint density at radius 1 is 1.38 bits per heavy atom. The van der Waals surface area contributed by atoms with Gasteiger partial charge in [0.1, 0.15) is 11.6 Å². The van der Waals surface area contributed by atoms with E-state index in [0.29, 0.717) is 24.7 Å². The van der Waals surface area contributed by atoms with Gasteiger partial charge in [0.15, 0.2) is 0 Å². The molecule has 4 heteroatoms. The van der Waals surface area contributed by atoms with E-state index >= 15 is 0 Å². The van der Waals surface area contributed by atoms with Gasteiger partial charge in [-0.15, -0.1) is 0 Å². The van der Waals surface area contributed by atoms with Crippen LogP contribution in [0.5, 0.6) is 0 Å². The fourth-order valence-electron chi connectivity index (χ4n) is 3.55. The van der Waals surface area contributed by atoms with Gasteiger partial charge in [-0.3, -0.25) is 0 Å². The molecule has 0 aliphatic heterocycles. The molecule has 0 bridgehead atoms. The van der Waals surface area contributed by atoms with Gasteiger partial charge in [-0.2, -0.15) is 0 Å². The summed E-state index contributed by atoms with van der Waals surface area (Å²) >= 11 is 3.08. The lowest BCUT2D eigenvalue weighted by atomic mass is 9.73. The number of benzene rings is 1. The van der Waals surface area contributed by atoms with Gasteiger partial charge in [0.25, 0.3) is 0 Å². The molecule has 118 valence electrons. The molecule has 0 spiro atoms. The highest BCUT2D eigenvalue weighted by atomic mass is 79.9. The Labute approximate surface area is 133 Å². The van der Waals surface area contributed by atoms with E-state index in [9.17, 15) is 13.9 Å². The third kappa shape index (κ3) is 4.26. The molecule has 0 aromatic heterocycles. The Kier molecular flexibility index (Phi) is 5.42. The average Bonchev–Trinajstić information content (AvgIpc) is 2.39. The highest BCUT2D eigenvalue weighted by Crippen LogP contribution is 2.39. The second-order valence-corrected chi connectivity index (χ2v) is 7.67. The molecule has 1 aromatic rings. The zero-order chi connectivity index (χ0) is 15.6. The summed E-state index contributed by atoms with van der Waals surface area (Å²) in [7, 11) is 0. The van der Waals surface area contributed by atoms with Crippen LogP contribution in [0.3, 0.4) is 0 Å². The molecule has 1 aliphatic carbocycles. The number of rotatable bonds is 4. The lowest BCUT2D eigenvalue weighted by molar-refractivity contribution is -0.0201. The summed E-state index contributed by atoms with van der Waals surface area (Å²) in [6, 6.07) is 2.61. The molecular weight excluding hydrogens is 338 g/mol. The molecular formula is C17H23BrF2O. The van der Waals surface area contributed by atoms with E-state index in [1.54, 1.807) is 0 Å². The Morgan fingerprint density at radius 2 is 2.10 bits per heavy atom. The third-order valence-corrected chi connectivity index (χ3v) is 4.99. The smallest absolute Gasteiger partial charge is 0.143 e. The number of aliphatic hydroxyl groups is 1. The van der Waals surface area contributed by atoms with Gasteiger partial charge in [0.2, 0.25) is 0 Å². The minimum absolute atomic E-state index is 0.00271. The number of hydrogen-bond donors (Lipinski definition) is 1. The Bertz CT molecular complexity index is 504. The Balaban J connectivity index is 2.16. The zero-order valence-electron chi connectivity index (χ0n) is 12.6. The van der Waals surface area contributed by atoms with E-state index in [0.717, 1.165) is 19.3 Å². The van der Waals surface area contributed by atoms with Crippen LogP contribution in [-0.2, 0) is 6.42 Å². The topological polar surface area (TPSA) is 20.2 Å². The number of halogens is 3. The second kappa shape index (κ2) is 6.74. The maximum atomic E-state index is 14.1. The van der Waals surface area contributed by atoms with Crippen molar-refractivity contribution < 1.29 is 13.9 Å². The van der Waals surface area contributed by atoms with Gasteiger partial charge in [0.05, 0.1) is 10.1 Å². The van der Waals surface area contributed by atoms with Crippen molar-refractivity contribution in [3.63, 3.8) is 0 Å². The van der Waals surface area contributed by atoms with Crippen LogP contribution in [0, 0.1) is 23.5 Å². The summed E-state index contributed by atoms with van der Waals surface area (Å²) < 4.78 is 28.2. The van der Waals surface area contributed by atoms with Crippen LogP contribution in [-0.4, -0.2) is 10.7 Å². The average molecular weight is 361 g/mol. The van der Waals surface area contributed by atoms with Gasteiger partial charge in [-0.25, -0.2) is 8.78 Å². The fourth-order valence-corrected chi connectivity index (χ4v) is 3.92. The van der Waals surface area contributed by atoms with Crippen molar-refractivity contribution >= 4 is 15.9 Å². The molecule has 1 nitrogen and oxygen atoms in total. The van der Waals surface area contributed by atoms with Crippen molar-refractivity contribution in [1.29, 1.82) is 0 Å². The first-order valence-corrected chi connectivity index (χ1v) is 8.45. The molecule has 2 atom stereocenters. The van der Waals surface area contributed by atoms with Gasteiger partial charge < -0.3 is 5.11 Å². The Hall–Kier alpha value is -0.480. The minimum atomic E-state index is -0.986. The zero-order valence-corrected chi connectivity index (χ0v) is 14.2. The van der Waals surface area contributed by atoms with Crippen LogP contribution in [0.15, 0.2) is 16.6 Å². The summed E-state index contributed by atoms with van der Waals surface area (Å²) in [6.45, 7) is 4.34. The molecule has 0 saturated heterocycles. The lowest BCUT2D eigenvalue weighted by Crippen LogP contribution is -2.38. The highest BCUT2D eigenvalue weighted by molar-refractivity contribution is 9.10. The predicted molar refractivity (Wildman–Crippen MR) is 84.1 cm³/mol. The minimum Gasteiger partial charge on any atom is -0.390 e. The maximum Gasteiger partial charge on any atom is 0.143 e. The number of hydrogen-bond acceptors (Lipinski definition) is 1. The standard InChI is InChI=1S/C17H23BrF2O/c1-11(2)8-12-4-3-7-17(21,9-12)10-13-15(19)6-5-14(18)16(13)20/h5-6,11-12,21H,3-4,7-10H2,1-2H3.